The molecule has 5 heterocycles. The summed E-state index contributed by atoms with van der Waals surface area (Å²) in [6.45, 7) is 8.44. The normalized spacial score (nSPS) is 15.7. The van der Waals surface area contributed by atoms with E-state index in [1.165, 1.54) is 18.3 Å². The molecule has 1 aromatic carbocycles. The van der Waals surface area contributed by atoms with Gasteiger partial charge in [-0.15, -0.1) is 11.3 Å². The van der Waals surface area contributed by atoms with Crippen molar-refractivity contribution in [3.8, 4) is 21.8 Å². The monoisotopic (exact) mass is 660 g/mol. The number of Topliss-reactive ketones (excluding diaryl/α,β-unsaturated/α-hetero) is 1. The summed E-state index contributed by atoms with van der Waals surface area (Å²) in [5, 5.41) is 6.54. The Morgan fingerprint density at radius 2 is 1.83 bits per heavy atom. The fourth-order valence-electron chi connectivity index (χ4n) is 5.10. The molecule has 3 aromatic heterocycles. The van der Waals surface area contributed by atoms with Crippen molar-refractivity contribution >= 4 is 56.2 Å². The molecule has 238 valence electrons. The number of hydrogen-bond donors (Lipinski definition) is 3. The van der Waals surface area contributed by atoms with Gasteiger partial charge in [-0.1, -0.05) is 26.0 Å². The first-order chi connectivity index (χ1) is 22.1. The van der Waals surface area contributed by atoms with Crippen LogP contribution in [0, 0.1) is 0 Å². The van der Waals surface area contributed by atoms with Gasteiger partial charge in [0.15, 0.2) is 5.78 Å². The molecule has 46 heavy (non-hydrogen) atoms. The van der Waals surface area contributed by atoms with E-state index in [2.05, 4.69) is 30.2 Å². The van der Waals surface area contributed by atoms with Gasteiger partial charge >= 0.3 is 0 Å². The highest BCUT2D eigenvalue weighted by atomic mass is 32.2. The standard InChI is InChI=1S/C31H32N8O5S2/c1-18(2)30-37-27(20-5-4-6-21(15-20)38-46(42,43)29-19(3)34-26(41)16-24(29)40)28(45-30)23-9-10-32-31(36-23)35-22-7-8-25(33-17-22)39-11-13-44-14-12-39/h4-10,15,17-18,38H,11-14,16H2,1-3H3,(H,34,41)(H,32,35,36). The van der Waals surface area contributed by atoms with E-state index in [4.69, 9.17) is 14.7 Å². The molecule has 4 aromatic rings. The molecular weight excluding hydrogens is 629 g/mol. The number of nitrogens with zero attached hydrogens (tertiary/aromatic N) is 5. The number of nitrogens with one attached hydrogen (secondary N) is 3. The van der Waals surface area contributed by atoms with Gasteiger partial charge in [-0.05, 0) is 37.3 Å². The first-order valence-electron chi connectivity index (χ1n) is 14.6. The second-order valence-corrected chi connectivity index (χ2v) is 13.7. The lowest BCUT2D eigenvalue weighted by Gasteiger charge is -2.27. The molecule has 3 N–H and O–H groups in total. The number of anilines is 4. The number of hydrogen-bond acceptors (Lipinski definition) is 12. The number of allylic oxidation sites excluding steroid dienone is 2. The quantitative estimate of drug-likeness (QED) is 0.217. The molecule has 0 radical (unpaired) electrons. The van der Waals surface area contributed by atoms with Crippen LogP contribution in [-0.2, 0) is 24.3 Å². The summed E-state index contributed by atoms with van der Waals surface area (Å²) >= 11 is 1.50. The third-order valence-corrected chi connectivity index (χ3v) is 10.2. The molecule has 2 aliphatic rings. The number of pyridine rings is 1. The molecule has 0 spiro atoms. The van der Waals surface area contributed by atoms with Crippen LogP contribution in [0.4, 0.5) is 23.1 Å². The molecule has 0 saturated carbocycles. The van der Waals surface area contributed by atoms with Crippen LogP contribution in [0.1, 0.15) is 38.1 Å². The fraction of sp³-hybridized carbons (Fsp3) is 0.290. The van der Waals surface area contributed by atoms with E-state index in [0.717, 1.165) is 34.5 Å². The Morgan fingerprint density at radius 1 is 1.02 bits per heavy atom. The second kappa shape index (κ2) is 12.9. The van der Waals surface area contributed by atoms with Crippen molar-refractivity contribution in [2.75, 3.05) is 41.2 Å². The minimum Gasteiger partial charge on any atom is -0.378 e. The number of benzene rings is 1. The topological polar surface area (TPSA) is 168 Å². The lowest BCUT2D eigenvalue weighted by molar-refractivity contribution is -0.126. The van der Waals surface area contributed by atoms with Crippen LogP contribution in [0.2, 0.25) is 0 Å². The van der Waals surface area contributed by atoms with E-state index in [0.29, 0.717) is 36.1 Å². The summed E-state index contributed by atoms with van der Waals surface area (Å²) < 4.78 is 34.3. The lowest BCUT2D eigenvalue weighted by atomic mass is 10.1. The molecule has 15 heteroatoms. The number of thiazole rings is 1. The molecular formula is C31H32N8O5S2. The number of ether oxygens (including phenoxy) is 1. The summed E-state index contributed by atoms with van der Waals surface area (Å²) in [6.07, 6.45) is 2.88. The molecule has 1 saturated heterocycles. The van der Waals surface area contributed by atoms with Gasteiger partial charge in [0, 0.05) is 42.2 Å². The highest BCUT2D eigenvalue weighted by molar-refractivity contribution is 7.97. The molecule has 0 unspecified atom stereocenters. The van der Waals surface area contributed by atoms with Crippen LogP contribution in [0.15, 0.2) is 65.5 Å². The van der Waals surface area contributed by atoms with Crippen LogP contribution >= 0.6 is 11.3 Å². The van der Waals surface area contributed by atoms with E-state index >= 15 is 0 Å². The summed E-state index contributed by atoms with van der Waals surface area (Å²) in [6, 6.07) is 12.5. The number of sulfonamides is 1. The Hall–Kier alpha value is -4.73. The number of carbonyl (C=O) groups excluding carboxylic acids is 2. The summed E-state index contributed by atoms with van der Waals surface area (Å²) in [4.78, 5) is 45.3. The Morgan fingerprint density at radius 3 is 2.54 bits per heavy atom. The van der Waals surface area contributed by atoms with E-state index in [9.17, 15) is 18.0 Å². The molecule has 0 bridgehead atoms. The van der Waals surface area contributed by atoms with Crippen LogP contribution in [-0.4, -0.2) is 66.3 Å². The van der Waals surface area contributed by atoms with Gasteiger partial charge in [0.25, 0.3) is 10.0 Å². The fourth-order valence-corrected chi connectivity index (χ4v) is 7.53. The molecule has 1 fully saturated rings. The van der Waals surface area contributed by atoms with Crippen molar-refractivity contribution in [2.24, 2.45) is 0 Å². The van der Waals surface area contributed by atoms with E-state index in [1.54, 1.807) is 36.7 Å². The first-order valence-corrected chi connectivity index (χ1v) is 16.9. The lowest BCUT2D eigenvalue weighted by Crippen LogP contribution is -2.36. The second-order valence-electron chi connectivity index (χ2n) is 11.1. The van der Waals surface area contributed by atoms with Gasteiger partial charge in [-0.3, -0.25) is 14.3 Å². The van der Waals surface area contributed by atoms with Crippen LogP contribution in [0.25, 0.3) is 21.8 Å². The van der Waals surface area contributed by atoms with Crippen molar-refractivity contribution in [3.05, 3.63) is 70.5 Å². The predicted molar refractivity (Wildman–Crippen MR) is 176 cm³/mol. The highest BCUT2D eigenvalue weighted by Gasteiger charge is 2.33. The Bertz CT molecular complexity index is 1930. The van der Waals surface area contributed by atoms with Gasteiger partial charge in [-0.2, -0.15) is 0 Å². The van der Waals surface area contributed by atoms with E-state index < -0.39 is 33.0 Å². The average Bonchev–Trinajstić information content (AvgIpc) is 3.48. The zero-order valence-electron chi connectivity index (χ0n) is 25.4. The molecule has 2 aliphatic heterocycles. The van der Waals surface area contributed by atoms with Crippen LogP contribution < -0.4 is 20.3 Å². The maximum atomic E-state index is 13.2. The molecule has 1 amide bonds. The molecule has 0 atom stereocenters. The average molecular weight is 661 g/mol. The van der Waals surface area contributed by atoms with E-state index in [-0.39, 0.29) is 17.3 Å². The zero-order chi connectivity index (χ0) is 32.4. The Labute approximate surface area is 270 Å². The summed E-state index contributed by atoms with van der Waals surface area (Å²) in [5.41, 5.74) is 2.90. The maximum Gasteiger partial charge on any atom is 0.267 e. The van der Waals surface area contributed by atoms with Crippen molar-refractivity contribution in [1.82, 2.24) is 25.3 Å². The predicted octanol–water partition coefficient (Wildman–Crippen LogP) is 4.43. The first kappa shape index (κ1) is 31.3. The smallest absolute Gasteiger partial charge is 0.267 e. The SMILES string of the molecule is CC1=C(S(=O)(=O)Nc2cccc(-c3nc(C(C)C)sc3-c3ccnc(Nc4ccc(N5CCOCC5)nc4)n3)c2)C(=O)CC(=O)N1. The number of amides is 1. The maximum absolute atomic E-state index is 13.2. The van der Waals surface area contributed by atoms with Crippen molar-refractivity contribution in [1.29, 1.82) is 0 Å². The van der Waals surface area contributed by atoms with Gasteiger partial charge in [0.2, 0.25) is 11.9 Å². The highest BCUT2D eigenvalue weighted by Crippen LogP contribution is 2.39. The number of ketones is 1. The van der Waals surface area contributed by atoms with Gasteiger partial charge in [0.1, 0.15) is 10.7 Å². The summed E-state index contributed by atoms with van der Waals surface area (Å²) in [7, 11) is -4.27. The number of carbonyl (C=O) groups is 2. The molecule has 6 rings (SSSR count). The largest absolute Gasteiger partial charge is 0.378 e. The Kier molecular flexibility index (Phi) is 8.80. The third-order valence-electron chi connectivity index (χ3n) is 7.26. The van der Waals surface area contributed by atoms with E-state index in [1.807, 2.05) is 32.0 Å². The Balaban J connectivity index is 1.28. The molecule has 0 aliphatic carbocycles. The number of morpholine rings is 1. The van der Waals surface area contributed by atoms with Crippen molar-refractivity contribution in [3.63, 3.8) is 0 Å². The van der Waals surface area contributed by atoms with Crippen molar-refractivity contribution < 1.29 is 22.7 Å². The van der Waals surface area contributed by atoms with Gasteiger partial charge in [-0.25, -0.2) is 28.4 Å². The van der Waals surface area contributed by atoms with Crippen LogP contribution in [0.5, 0.6) is 0 Å². The minimum atomic E-state index is -4.27. The molecule has 13 nitrogen and oxygen atoms in total. The van der Waals surface area contributed by atoms with Gasteiger partial charge < -0.3 is 20.3 Å². The van der Waals surface area contributed by atoms with Crippen molar-refractivity contribution in [2.45, 2.75) is 33.1 Å². The number of rotatable bonds is 9. The zero-order valence-corrected chi connectivity index (χ0v) is 27.0. The minimum absolute atomic E-state index is 0.00901. The summed E-state index contributed by atoms with van der Waals surface area (Å²) in [5.74, 6) is 0.107. The van der Waals surface area contributed by atoms with Crippen LogP contribution in [0.3, 0.4) is 0 Å². The van der Waals surface area contributed by atoms with Gasteiger partial charge in [0.05, 0.1) is 52.8 Å². The number of aromatic nitrogens is 4. The third kappa shape index (κ3) is 6.76.